The van der Waals surface area contributed by atoms with E-state index in [4.69, 9.17) is 0 Å². The van der Waals surface area contributed by atoms with Crippen LogP contribution in [-0.2, 0) is 9.59 Å². The van der Waals surface area contributed by atoms with Crippen LogP contribution in [0.1, 0.15) is 13.8 Å². The van der Waals surface area contributed by atoms with Crippen LogP contribution >= 0.6 is 11.6 Å². The number of rotatable bonds is 4. The highest BCUT2D eigenvalue weighted by Gasteiger charge is 2.57. The maximum absolute atomic E-state index is 12.9. The molecule has 0 aromatic rings. The van der Waals surface area contributed by atoms with E-state index < -0.39 is 22.8 Å². The third kappa shape index (κ3) is 2.02. The summed E-state index contributed by atoms with van der Waals surface area (Å²) in [4.78, 5) is 20.2. The van der Waals surface area contributed by atoms with E-state index in [0.717, 1.165) is 13.8 Å². The smallest absolute Gasteiger partial charge is 0.300 e. The molecule has 0 saturated carbocycles. The maximum Gasteiger partial charge on any atom is 0.328 e. The molecule has 0 aliphatic carbocycles. The van der Waals surface area contributed by atoms with Gasteiger partial charge in [0.05, 0.1) is 5.41 Å². The van der Waals surface area contributed by atoms with Gasteiger partial charge < -0.3 is 4.79 Å². The van der Waals surface area contributed by atoms with E-state index in [2.05, 4.69) is 11.6 Å². The van der Waals surface area contributed by atoms with Gasteiger partial charge in [0.2, 0.25) is 0 Å². The van der Waals surface area contributed by atoms with Gasteiger partial charge in [0.15, 0.2) is 12.5 Å². The molecule has 76 valence electrons. The van der Waals surface area contributed by atoms with Crippen molar-refractivity contribution < 1.29 is 22.8 Å². The number of aldehydes is 1. The van der Waals surface area contributed by atoms with Gasteiger partial charge in [-0.2, -0.15) is 8.78 Å². The molecule has 1 unspecified atom stereocenters. The van der Waals surface area contributed by atoms with E-state index in [1.807, 2.05) is 0 Å². The number of hydrogen-bond acceptors (Lipinski definition) is 2. The van der Waals surface area contributed by atoms with Gasteiger partial charge in [0, 0.05) is 0 Å². The van der Waals surface area contributed by atoms with Gasteiger partial charge in [-0.1, -0.05) is 13.8 Å². The standard InChI is InChI=1S/C7H8ClF3O2/c1-6(2,4(9)3-12)7(10,11)5(8)13/h3-4H,1-2H3. The van der Waals surface area contributed by atoms with Gasteiger partial charge in [0.25, 0.3) is 5.24 Å². The van der Waals surface area contributed by atoms with E-state index in [1.165, 1.54) is 0 Å². The molecule has 0 spiro atoms. The van der Waals surface area contributed by atoms with Gasteiger partial charge in [-0.25, -0.2) is 4.39 Å². The zero-order chi connectivity index (χ0) is 10.9. The molecular formula is C7H8ClF3O2. The summed E-state index contributed by atoms with van der Waals surface area (Å²) in [6.45, 7) is 1.51. The summed E-state index contributed by atoms with van der Waals surface area (Å²) in [5, 5.41) is -1.97. The summed E-state index contributed by atoms with van der Waals surface area (Å²) in [6, 6.07) is 0. The minimum atomic E-state index is -4.06. The first-order chi connectivity index (χ1) is 5.67. The van der Waals surface area contributed by atoms with E-state index in [0.29, 0.717) is 0 Å². The lowest BCUT2D eigenvalue weighted by Crippen LogP contribution is -2.48. The summed E-state index contributed by atoms with van der Waals surface area (Å²) in [6.07, 6.45) is -2.72. The fourth-order valence-corrected chi connectivity index (χ4v) is 0.840. The molecule has 0 heterocycles. The molecule has 1 atom stereocenters. The molecule has 0 N–H and O–H groups in total. The molecule has 0 radical (unpaired) electrons. The van der Waals surface area contributed by atoms with Crippen molar-refractivity contribution in [3.05, 3.63) is 0 Å². The molecule has 0 aliphatic heterocycles. The first kappa shape index (κ1) is 12.4. The molecule has 0 rings (SSSR count). The Hall–Kier alpha value is -0.580. The molecule has 6 heteroatoms. The van der Waals surface area contributed by atoms with Gasteiger partial charge in [-0.3, -0.25) is 4.79 Å². The fourth-order valence-electron chi connectivity index (χ4n) is 0.597. The van der Waals surface area contributed by atoms with Crippen LogP contribution in [0.15, 0.2) is 0 Å². The monoisotopic (exact) mass is 216 g/mol. The average Bonchev–Trinajstić information content (AvgIpc) is 2.02. The zero-order valence-electron chi connectivity index (χ0n) is 6.98. The SMILES string of the molecule is CC(C)(C(F)C=O)C(F)(F)C(=O)Cl. The Morgan fingerprint density at radius 2 is 1.85 bits per heavy atom. The lowest BCUT2D eigenvalue weighted by molar-refractivity contribution is -0.163. The number of carbonyl (C=O) groups excluding carboxylic acids is 2. The Labute approximate surface area is 78.1 Å². The quantitative estimate of drug-likeness (QED) is 0.532. The van der Waals surface area contributed by atoms with Crippen molar-refractivity contribution in [3.8, 4) is 0 Å². The second kappa shape index (κ2) is 3.65. The molecule has 0 saturated heterocycles. The minimum Gasteiger partial charge on any atom is -0.300 e. The fraction of sp³-hybridized carbons (Fsp3) is 0.714. The van der Waals surface area contributed by atoms with E-state index >= 15 is 0 Å². The Morgan fingerprint density at radius 1 is 1.46 bits per heavy atom. The van der Waals surface area contributed by atoms with Crippen molar-refractivity contribution in [1.82, 2.24) is 0 Å². The molecule has 0 aromatic heterocycles. The van der Waals surface area contributed by atoms with Crippen LogP contribution in [0.25, 0.3) is 0 Å². The molecule has 0 aromatic carbocycles. The summed E-state index contributed by atoms with van der Waals surface area (Å²) in [7, 11) is 0. The predicted octanol–water partition coefficient (Wildman–Crippen LogP) is 1.95. The van der Waals surface area contributed by atoms with Crippen LogP contribution in [0, 0.1) is 5.41 Å². The molecule has 13 heavy (non-hydrogen) atoms. The lowest BCUT2D eigenvalue weighted by atomic mass is 9.82. The second-order valence-electron chi connectivity index (χ2n) is 3.11. The minimum absolute atomic E-state index is 0.284. The third-order valence-electron chi connectivity index (χ3n) is 1.87. The van der Waals surface area contributed by atoms with Crippen molar-refractivity contribution >= 4 is 23.1 Å². The first-order valence-electron chi connectivity index (χ1n) is 3.35. The normalized spacial score (nSPS) is 15.2. The van der Waals surface area contributed by atoms with Crippen LogP contribution in [0.5, 0.6) is 0 Å². The zero-order valence-corrected chi connectivity index (χ0v) is 7.74. The van der Waals surface area contributed by atoms with Crippen molar-refractivity contribution in [3.63, 3.8) is 0 Å². The Balaban J connectivity index is 5.01. The van der Waals surface area contributed by atoms with Crippen LogP contribution in [0.4, 0.5) is 13.2 Å². The van der Waals surface area contributed by atoms with Crippen molar-refractivity contribution in [1.29, 1.82) is 0 Å². The highest BCUT2D eigenvalue weighted by molar-refractivity contribution is 6.65. The summed E-state index contributed by atoms with van der Waals surface area (Å²) < 4.78 is 38.5. The van der Waals surface area contributed by atoms with Crippen molar-refractivity contribution in [2.24, 2.45) is 5.41 Å². The number of hydrogen-bond donors (Lipinski definition) is 0. The topological polar surface area (TPSA) is 34.1 Å². The first-order valence-corrected chi connectivity index (χ1v) is 3.72. The maximum atomic E-state index is 12.9. The van der Waals surface area contributed by atoms with Crippen molar-refractivity contribution in [2.45, 2.75) is 25.9 Å². The Kier molecular flexibility index (Phi) is 3.49. The number of alkyl halides is 3. The Bertz CT molecular complexity index is 228. The van der Waals surface area contributed by atoms with Crippen LogP contribution in [-0.4, -0.2) is 23.6 Å². The van der Waals surface area contributed by atoms with E-state index in [9.17, 15) is 22.8 Å². The molecule has 0 bridgehead atoms. The van der Waals surface area contributed by atoms with Gasteiger partial charge >= 0.3 is 5.92 Å². The number of halogens is 4. The summed E-state index contributed by atoms with van der Waals surface area (Å²) >= 11 is 4.58. The number of carbonyl (C=O) groups is 2. The highest BCUT2D eigenvalue weighted by atomic mass is 35.5. The van der Waals surface area contributed by atoms with Crippen LogP contribution in [0.3, 0.4) is 0 Å². The van der Waals surface area contributed by atoms with Gasteiger partial charge in [-0.05, 0) is 11.6 Å². The Morgan fingerprint density at radius 3 is 2.08 bits per heavy atom. The van der Waals surface area contributed by atoms with Crippen molar-refractivity contribution in [2.75, 3.05) is 0 Å². The summed E-state index contributed by atoms with van der Waals surface area (Å²) in [5.41, 5.74) is -2.42. The van der Waals surface area contributed by atoms with E-state index in [-0.39, 0.29) is 6.29 Å². The molecule has 0 aliphatic rings. The lowest BCUT2D eigenvalue weighted by Gasteiger charge is -2.31. The third-order valence-corrected chi connectivity index (χ3v) is 2.10. The van der Waals surface area contributed by atoms with Crippen LogP contribution < -0.4 is 0 Å². The van der Waals surface area contributed by atoms with Crippen LogP contribution in [0.2, 0.25) is 0 Å². The van der Waals surface area contributed by atoms with E-state index in [1.54, 1.807) is 0 Å². The largest absolute Gasteiger partial charge is 0.328 e. The average molecular weight is 217 g/mol. The summed E-state index contributed by atoms with van der Waals surface area (Å²) in [5.74, 6) is -4.06. The second-order valence-corrected chi connectivity index (χ2v) is 3.45. The molecule has 2 nitrogen and oxygen atoms in total. The molecule has 0 fully saturated rings. The van der Waals surface area contributed by atoms with Gasteiger partial charge in [0.1, 0.15) is 0 Å². The molecular weight excluding hydrogens is 209 g/mol. The molecule has 0 amide bonds. The van der Waals surface area contributed by atoms with Gasteiger partial charge in [-0.15, -0.1) is 0 Å². The predicted molar refractivity (Wildman–Crippen MR) is 40.5 cm³/mol. The highest BCUT2D eigenvalue weighted by Crippen LogP contribution is 2.41.